The van der Waals surface area contributed by atoms with Crippen molar-refractivity contribution in [2.45, 2.75) is 50.2 Å². The number of likely N-dealkylation sites (tertiary alicyclic amines) is 1. The normalized spacial score (nSPS) is 20.8. The average Bonchev–Trinajstić information content (AvgIpc) is 3.27. The first-order chi connectivity index (χ1) is 16.2. The van der Waals surface area contributed by atoms with Gasteiger partial charge in [-0.3, -0.25) is 9.69 Å². The van der Waals surface area contributed by atoms with Crippen LogP contribution in [0.1, 0.15) is 38.2 Å². The summed E-state index contributed by atoms with van der Waals surface area (Å²) in [5, 5.41) is 3.35. The Kier molecular flexibility index (Phi) is 7.82. The molecule has 2 fully saturated rings. The maximum absolute atomic E-state index is 13.0. The minimum Gasteiger partial charge on any atom is -0.490 e. The molecule has 0 bridgehead atoms. The number of nitrogens with one attached hydrogen (secondary N) is 1. The van der Waals surface area contributed by atoms with Crippen LogP contribution in [0.15, 0.2) is 47.4 Å². The Balaban J connectivity index is 1.27. The number of hydrogen-bond donors (Lipinski definition) is 1. The van der Waals surface area contributed by atoms with Gasteiger partial charge >= 0.3 is 0 Å². The Hall–Kier alpha value is -2.13. The standard InChI is InChI=1S/C25H32ClN3O4S/c1-18(30)27-21-6-5-7-24(14-21)34(31,32)28(2)16-19-12-23(13-19)33-22-9-8-20(25(26)15-22)17-29-10-3-4-11-29/h5-9,14-15,19,23H,3-4,10-13,16-17H2,1-2H3,(H,27,30). The van der Waals surface area contributed by atoms with Gasteiger partial charge in [0.05, 0.1) is 11.0 Å². The van der Waals surface area contributed by atoms with Crippen molar-refractivity contribution in [1.82, 2.24) is 9.21 Å². The van der Waals surface area contributed by atoms with Gasteiger partial charge in [0.2, 0.25) is 15.9 Å². The number of carbonyl (C=O) groups is 1. The van der Waals surface area contributed by atoms with Gasteiger partial charge in [0.1, 0.15) is 5.75 Å². The number of nitrogens with zero attached hydrogens (tertiary/aromatic N) is 2. The zero-order valence-electron chi connectivity index (χ0n) is 19.7. The lowest BCUT2D eigenvalue weighted by Crippen LogP contribution is -2.41. The summed E-state index contributed by atoms with van der Waals surface area (Å²) in [6.45, 7) is 4.94. The van der Waals surface area contributed by atoms with Crippen LogP contribution in [-0.4, -0.2) is 56.3 Å². The molecule has 0 spiro atoms. The van der Waals surface area contributed by atoms with Gasteiger partial charge in [-0.05, 0) is 80.6 Å². The molecule has 184 valence electrons. The van der Waals surface area contributed by atoms with Crippen molar-refractivity contribution in [3.8, 4) is 5.75 Å². The summed E-state index contributed by atoms with van der Waals surface area (Å²) in [6.07, 6.45) is 4.14. The van der Waals surface area contributed by atoms with E-state index in [-0.39, 0.29) is 22.8 Å². The molecule has 9 heteroatoms. The van der Waals surface area contributed by atoms with Gasteiger partial charge in [-0.25, -0.2) is 12.7 Å². The number of halogens is 1. The van der Waals surface area contributed by atoms with Crippen molar-refractivity contribution in [3.05, 3.63) is 53.1 Å². The minimum atomic E-state index is -3.65. The fourth-order valence-electron chi connectivity index (χ4n) is 4.60. The van der Waals surface area contributed by atoms with Crippen molar-refractivity contribution in [3.63, 3.8) is 0 Å². The van der Waals surface area contributed by atoms with Crippen LogP contribution in [0.2, 0.25) is 5.02 Å². The predicted molar refractivity (Wildman–Crippen MR) is 134 cm³/mol. The number of carbonyl (C=O) groups excluding carboxylic acids is 1. The molecule has 2 aromatic rings. The minimum absolute atomic E-state index is 0.0599. The first-order valence-electron chi connectivity index (χ1n) is 11.7. The van der Waals surface area contributed by atoms with E-state index in [0.717, 1.165) is 48.8 Å². The molecule has 0 aromatic heterocycles. The summed E-state index contributed by atoms with van der Waals surface area (Å²) in [5.41, 5.74) is 1.58. The van der Waals surface area contributed by atoms with Crippen LogP contribution in [0, 0.1) is 5.92 Å². The number of amides is 1. The molecule has 2 aliphatic rings. The molecule has 1 N–H and O–H groups in total. The van der Waals surface area contributed by atoms with Crippen molar-refractivity contribution in [2.24, 2.45) is 5.92 Å². The van der Waals surface area contributed by atoms with E-state index in [1.807, 2.05) is 18.2 Å². The van der Waals surface area contributed by atoms with E-state index in [1.165, 1.54) is 30.1 Å². The zero-order chi connectivity index (χ0) is 24.3. The summed E-state index contributed by atoms with van der Waals surface area (Å²) in [6, 6.07) is 12.2. The van der Waals surface area contributed by atoms with E-state index in [9.17, 15) is 13.2 Å². The van der Waals surface area contributed by atoms with Gasteiger partial charge in [-0.1, -0.05) is 23.7 Å². The predicted octanol–water partition coefficient (Wildman–Crippen LogP) is 4.37. The average molecular weight is 506 g/mol. The number of hydrogen-bond acceptors (Lipinski definition) is 5. The quantitative estimate of drug-likeness (QED) is 0.547. The molecule has 4 rings (SSSR count). The van der Waals surface area contributed by atoms with Crippen molar-refractivity contribution in [1.29, 1.82) is 0 Å². The van der Waals surface area contributed by atoms with E-state index in [2.05, 4.69) is 10.2 Å². The third-order valence-corrected chi connectivity index (χ3v) is 8.66. The van der Waals surface area contributed by atoms with Gasteiger partial charge in [0, 0.05) is 37.8 Å². The third kappa shape index (κ3) is 6.10. The number of sulfonamides is 1. The highest BCUT2D eigenvalue weighted by Crippen LogP contribution is 2.34. The monoisotopic (exact) mass is 505 g/mol. The molecular formula is C25H32ClN3O4S. The Morgan fingerprint density at radius 2 is 1.91 bits per heavy atom. The highest BCUT2D eigenvalue weighted by molar-refractivity contribution is 7.89. The smallest absolute Gasteiger partial charge is 0.242 e. The second-order valence-corrected chi connectivity index (χ2v) is 11.8. The second kappa shape index (κ2) is 10.6. The van der Waals surface area contributed by atoms with Crippen LogP contribution < -0.4 is 10.1 Å². The molecule has 2 aromatic carbocycles. The largest absolute Gasteiger partial charge is 0.490 e. The first-order valence-corrected chi connectivity index (χ1v) is 13.5. The van der Waals surface area contributed by atoms with Gasteiger partial charge in [-0.15, -0.1) is 0 Å². The summed E-state index contributed by atoms with van der Waals surface area (Å²) in [4.78, 5) is 13.9. The summed E-state index contributed by atoms with van der Waals surface area (Å²) in [5.74, 6) is 0.744. The Morgan fingerprint density at radius 1 is 1.18 bits per heavy atom. The van der Waals surface area contributed by atoms with E-state index < -0.39 is 10.0 Å². The lowest BCUT2D eigenvalue weighted by molar-refractivity contribution is -0.114. The maximum atomic E-state index is 13.0. The van der Waals surface area contributed by atoms with E-state index in [0.29, 0.717) is 12.2 Å². The second-order valence-electron chi connectivity index (χ2n) is 9.31. The van der Waals surface area contributed by atoms with Gasteiger partial charge in [-0.2, -0.15) is 0 Å². The van der Waals surface area contributed by atoms with Crippen LogP contribution in [0.4, 0.5) is 5.69 Å². The van der Waals surface area contributed by atoms with E-state index >= 15 is 0 Å². The van der Waals surface area contributed by atoms with Crippen LogP contribution in [0.25, 0.3) is 0 Å². The fraction of sp³-hybridized carbons (Fsp3) is 0.480. The maximum Gasteiger partial charge on any atom is 0.242 e. The number of benzene rings is 2. The summed E-state index contributed by atoms with van der Waals surface area (Å²) in [7, 11) is -2.05. The molecular weight excluding hydrogens is 474 g/mol. The number of anilines is 1. The Labute approximate surface area is 207 Å². The van der Waals surface area contributed by atoms with Crippen LogP contribution in [0.5, 0.6) is 5.75 Å². The molecule has 7 nitrogen and oxygen atoms in total. The van der Waals surface area contributed by atoms with E-state index in [1.54, 1.807) is 25.2 Å². The van der Waals surface area contributed by atoms with Crippen molar-refractivity contribution >= 4 is 33.2 Å². The van der Waals surface area contributed by atoms with Gasteiger partial charge in [0.25, 0.3) is 0 Å². The number of ether oxygens (including phenoxy) is 1. The lowest BCUT2D eigenvalue weighted by Gasteiger charge is -2.37. The highest BCUT2D eigenvalue weighted by atomic mass is 35.5. The first kappa shape index (κ1) is 25.0. The van der Waals surface area contributed by atoms with Crippen LogP contribution in [-0.2, 0) is 21.4 Å². The zero-order valence-corrected chi connectivity index (χ0v) is 21.2. The van der Waals surface area contributed by atoms with Crippen LogP contribution >= 0.6 is 11.6 Å². The summed E-state index contributed by atoms with van der Waals surface area (Å²) >= 11 is 6.49. The molecule has 1 aliphatic heterocycles. The molecule has 0 atom stereocenters. The molecule has 1 aliphatic carbocycles. The van der Waals surface area contributed by atoms with Crippen molar-refractivity contribution < 1.29 is 17.9 Å². The van der Waals surface area contributed by atoms with Crippen molar-refractivity contribution in [2.75, 3.05) is 32.0 Å². The summed E-state index contributed by atoms with van der Waals surface area (Å²) < 4.78 is 33.4. The molecule has 1 saturated heterocycles. The third-order valence-electron chi connectivity index (χ3n) is 6.49. The molecule has 1 heterocycles. The van der Waals surface area contributed by atoms with Crippen LogP contribution in [0.3, 0.4) is 0 Å². The molecule has 0 radical (unpaired) electrons. The topological polar surface area (TPSA) is 79.0 Å². The van der Waals surface area contributed by atoms with Gasteiger partial charge in [0.15, 0.2) is 0 Å². The Bertz CT molecular complexity index is 1130. The highest BCUT2D eigenvalue weighted by Gasteiger charge is 2.34. The Morgan fingerprint density at radius 3 is 2.59 bits per heavy atom. The molecule has 1 amide bonds. The molecule has 34 heavy (non-hydrogen) atoms. The molecule has 0 unspecified atom stereocenters. The number of rotatable bonds is 9. The van der Waals surface area contributed by atoms with E-state index in [4.69, 9.17) is 16.3 Å². The van der Waals surface area contributed by atoms with Gasteiger partial charge < -0.3 is 10.1 Å². The SMILES string of the molecule is CC(=O)Nc1cccc(S(=O)(=O)N(C)CC2CC(Oc3ccc(CN4CCCC4)c(Cl)c3)C2)c1. The fourth-order valence-corrected chi connectivity index (χ4v) is 6.13. The molecule has 1 saturated carbocycles. The lowest BCUT2D eigenvalue weighted by atomic mass is 9.82.